The third kappa shape index (κ3) is 3.55. The molecule has 2 aliphatic heterocycles. The number of amides is 1. The van der Waals surface area contributed by atoms with Gasteiger partial charge in [0, 0.05) is 18.7 Å². The molecule has 0 N–H and O–H groups in total. The number of halogens is 2. The van der Waals surface area contributed by atoms with Gasteiger partial charge in [-0.25, -0.2) is 4.39 Å². The van der Waals surface area contributed by atoms with Gasteiger partial charge in [-0.2, -0.15) is 0 Å². The van der Waals surface area contributed by atoms with E-state index in [0.717, 1.165) is 12.0 Å². The Bertz CT molecular complexity index is 941. The first kappa shape index (κ1) is 20.0. The lowest BCUT2D eigenvalue weighted by Gasteiger charge is -2.45. The van der Waals surface area contributed by atoms with Crippen molar-refractivity contribution in [2.75, 3.05) is 33.9 Å². The number of nitrogens with zero attached hydrogens (tertiary/aromatic N) is 1. The van der Waals surface area contributed by atoms with Crippen molar-refractivity contribution >= 4 is 17.5 Å². The van der Waals surface area contributed by atoms with E-state index >= 15 is 0 Å². The van der Waals surface area contributed by atoms with Crippen LogP contribution in [0.1, 0.15) is 34.3 Å². The SMILES string of the molecule is COc1cc2c(cc1OC)C1(CCN(C(=O)c3ccc(F)c(Cl)c3)CC1)OCC2. The molecule has 2 heterocycles. The van der Waals surface area contributed by atoms with Crippen LogP contribution in [0.4, 0.5) is 4.39 Å². The average Bonchev–Trinajstić information content (AvgIpc) is 2.75. The molecule has 29 heavy (non-hydrogen) atoms. The van der Waals surface area contributed by atoms with Crippen molar-refractivity contribution in [1.29, 1.82) is 0 Å². The van der Waals surface area contributed by atoms with E-state index in [1.54, 1.807) is 19.1 Å². The zero-order valence-corrected chi connectivity index (χ0v) is 17.2. The summed E-state index contributed by atoms with van der Waals surface area (Å²) in [5.74, 6) is 0.710. The second kappa shape index (κ2) is 7.84. The summed E-state index contributed by atoms with van der Waals surface area (Å²) >= 11 is 5.84. The fourth-order valence-electron chi connectivity index (χ4n) is 4.28. The first-order chi connectivity index (χ1) is 14.0. The monoisotopic (exact) mass is 419 g/mol. The van der Waals surface area contributed by atoms with Gasteiger partial charge < -0.3 is 19.1 Å². The Morgan fingerprint density at radius 3 is 2.48 bits per heavy atom. The summed E-state index contributed by atoms with van der Waals surface area (Å²) in [7, 11) is 3.25. The van der Waals surface area contributed by atoms with Gasteiger partial charge in [0.2, 0.25) is 0 Å². The second-order valence-electron chi connectivity index (χ2n) is 7.38. The third-order valence-electron chi connectivity index (χ3n) is 5.87. The molecule has 7 heteroatoms. The molecular weight excluding hydrogens is 397 g/mol. The predicted octanol–water partition coefficient (Wildman–Crippen LogP) is 4.20. The number of methoxy groups -OCH3 is 2. The van der Waals surface area contributed by atoms with Gasteiger partial charge in [0.05, 0.1) is 31.5 Å². The molecule has 1 fully saturated rings. The van der Waals surface area contributed by atoms with Crippen LogP contribution in [0, 0.1) is 5.82 Å². The number of hydrogen-bond acceptors (Lipinski definition) is 4. The maximum atomic E-state index is 13.4. The van der Waals surface area contributed by atoms with E-state index in [4.69, 9.17) is 25.8 Å². The fraction of sp³-hybridized carbons (Fsp3) is 0.409. The van der Waals surface area contributed by atoms with Crippen molar-refractivity contribution in [3.63, 3.8) is 0 Å². The van der Waals surface area contributed by atoms with Gasteiger partial charge in [-0.05, 0) is 60.7 Å². The van der Waals surface area contributed by atoms with Crippen LogP contribution < -0.4 is 9.47 Å². The van der Waals surface area contributed by atoms with Crippen molar-refractivity contribution in [3.05, 3.63) is 57.9 Å². The molecule has 1 amide bonds. The summed E-state index contributed by atoms with van der Waals surface area (Å²) in [6, 6.07) is 8.10. The molecule has 1 spiro atoms. The molecule has 4 rings (SSSR count). The van der Waals surface area contributed by atoms with Gasteiger partial charge in [0.15, 0.2) is 11.5 Å². The van der Waals surface area contributed by atoms with E-state index < -0.39 is 11.4 Å². The number of hydrogen-bond donors (Lipinski definition) is 0. The van der Waals surface area contributed by atoms with Crippen molar-refractivity contribution < 1.29 is 23.4 Å². The second-order valence-corrected chi connectivity index (χ2v) is 7.79. The summed E-state index contributed by atoms with van der Waals surface area (Å²) in [4.78, 5) is 14.6. The molecule has 154 valence electrons. The first-order valence-electron chi connectivity index (χ1n) is 9.61. The minimum atomic E-state index is -0.530. The molecule has 0 aromatic heterocycles. The van der Waals surface area contributed by atoms with Gasteiger partial charge >= 0.3 is 0 Å². The molecule has 0 atom stereocenters. The zero-order chi connectivity index (χ0) is 20.6. The molecule has 0 aliphatic carbocycles. The van der Waals surface area contributed by atoms with E-state index in [1.165, 1.54) is 23.8 Å². The van der Waals surface area contributed by atoms with Crippen LogP contribution in [0.2, 0.25) is 5.02 Å². The van der Waals surface area contributed by atoms with Gasteiger partial charge in [-0.1, -0.05) is 11.6 Å². The molecular formula is C22H23ClFNO4. The number of carbonyl (C=O) groups excluding carboxylic acids is 1. The van der Waals surface area contributed by atoms with Gasteiger partial charge in [-0.15, -0.1) is 0 Å². The van der Waals surface area contributed by atoms with Crippen molar-refractivity contribution in [2.45, 2.75) is 24.9 Å². The van der Waals surface area contributed by atoms with E-state index in [-0.39, 0.29) is 10.9 Å². The highest BCUT2D eigenvalue weighted by atomic mass is 35.5. The Morgan fingerprint density at radius 2 is 1.83 bits per heavy atom. The van der Waals surface area contributed by atoms with Crippen LogP contribution in [0.3, 0.4) is 0 Å². The number of ether oxygens (including phenoxy) is 3. The van der Waals surface area contributed by atoms with Crippen molar-refractivity contribution in [1.82, 2.24) is 4.90 Å². The average molecular weight is 420 g/mol. The van der Waals surface area contributed by atoms with E-state index in [0.29, 0.717) is 49.6 Å². The largest absolute Gasteiger partial charge is 0.493 e. The van der Waals surface area contributed by atoms with Gasteiger partial charge in [0.25, 0.3) is 5.91 Å². The Kier molecular flexibility index (Phi) is 5.40. The number of piperidine rings is 1. The molecule has 5 nitrogen and oxygen atoms in total. The summed E-state index contributed by atoms with van der Waals surface area (Å²) < 4.78 is 30.6. The first-order valence-corrected chi connectivity index (χ1v) is 9.99. The van der Waals surface area contributed by atoms with E-state index in [2.05, 4.69) is 0 Å². The highest BCUT2D eigenvalue weighted by Gasteiger charge is 2.42. The maximum Gasteiger partial charge on any atom is 0.253 e. The number of carbonyl (C=O) groups is 1. The molecule has 2 aliphatic rings. The maximum absolute atomic E-state index is 13.4. The minimum Gasteiger partial charge on any atom is -0.493 e. The van der Waals surface area contributed by atoms with Crippen molar-refractivity contribution in [3.8, 4) is 11.5 Å². The van der Waals surface area contributed by atoms with E-state index in [1.807, 2.05) is 12.1 Å². The summed E-state index contributed by atoms with van der Waals surface area (Å²) in [6.45, 7) is 1.72. The number of likely N-dealkylation sites (tertiary alicyclic amines) is 1. The Morgan fingerprint density at radius 1 is 1.14 bits per heavy atom. The van der Waals surface area contributed by atoms with Crippen LogP contribution >= 0.6 is 11.6 Å². The van der Waals surface area contributed by atoms with Crippen LogP contribution in [0.25, 0.3) is 0 Å². The lowest BCUT2D eigenvalue weighted by Crippen LogP contribution is -2.48. The van der Waals surface area contributed by atoms with Crippen LogP contribution in [-0.4, -0.2) is 44.7 Å². The highest BCUT2D eigenvalue weighted by molar-refractivity contribution is 6.31. The van der Waals surface area contributed by atoms with Gasteiger partial charge in [-0.3, -0.25) is 4.79 Å². The Hall–Kier alpha value is -2.31. The number of rotatable bonds is 3. The zero-order valence-electron chi connectivity index (χ0n) is 16.5. The molecule has 2 aromatic carbocycles. The summed E-state index contributed by atoms with van der Waals surface area (Å²) in [6.07, 6.45) is 2.17. The highest BCUT2D eigenvalue weighted by Crippen LogP contribution is 2.45. The predicted molar refractivity (Wildman–Crippen MR) is 107 cm³/mol. The van der Waals surface area contributed by atoms with Gasteiger partial charge in [0.1, 0.15) is 5.82 Å². The molecule has 0 radical (unpaired) electrons. The van der Waals surface area contributed by atoms with Crippen LogP contribution in [0.5, 0.6) is 11.5 Å². The third-order valence-corrected chi connectivity index (χ3v) is 6.16. The van der Waals surface area contributed by atoms with Crippen LogP contribution in [-0.2, 0) is 16.8 Å². The molecule has 1 saturated heterocycles. The number of benzene rings is 2. The van der Waals surface area contributed by atoms with Crippen LogP contribution in [0.15, 0.2) is 30.3 Å². The lowest BCUT2D eigenvalue weighted by molar-refractivity contribution is -0.0936. The van der Waals surface area contributed by atoms with E-state index in [9.17, 15) is 9.18 Å². The fourth-order valence-corrected chi connectivity index (χ4v) is 4.46. The normalized spacial score (nSPS) is 17.7. The molecule has 2 aromatic rings. The standard InChI is InChI=1S/C22H23ClFNO4/c1-27-19-12-14-5-10-29-22(16(14)13-20(19)28-2)6-8-25(9-7-22)21(26)15-3-4-18(24)17(23)11-15/h3-4,11-13H,5-10H2,1-2H3. The lowest BCUT2D eigenvalue weighted by atomic mass is 9.79. The minimum absolute atomic E-state index is 0.0464. The quantitative estimate of drug-likeness (QED) is 0.748. The molecule has 0 bridgehead atoms. The number of fused-ring (bicyclic) bond motifs is 2. The van der Waals surface area contributed by atoms with Crippen molar-refractivity contribution in [2.24, 2.45) is 0 Å². The molecule has 0 saturated carbocycles. The summed E-state index contributed by atoms with van der Waals surface area (Å²) in [5.41, 5.74) is 2.26. The smallest absolute Gasteiger partial charge is 0.253 e. The Labute approximate surface area is 174 Å². The Balaban J connectivity index is 1.56. The molecule has 0 unspecified atom stereocenters. The topological polar surface area (TPSA) is 48.0 Å². The summed E-state index contributed by atoms with van der Waals surface area (Å²) in [5, 5.41) is -0.0464.